The molecule has 0 aliphatic heterocycles. The molecule has 2 amide bonds. The van der Waals surface area contributed by atoms with Crippen LogP contribution in [0.3, 0.4) is 0 Å². The van der Waals surface area contributed by atoms with Gasteiger partial charge in [0.1, 0.15) is 11.5 Å². The molecule has 3 aromatic rings. The molecule has 0 radical (unpaired) electrons. The predicted molar refractivity (Wildman–Crippen MR) is 116 cm³/mol. The number of aromatic nitrogens is 4. The van der Waals surface area contributed by atoms with Crippen LogP contribution in [-0.2, 0) is 30.6 Å². The van der Waals surface area contributed by atoms with Gasteiger partial charge in [0, 0.05) is 37.6 Å². The lowest BCUT2D eigenvalue weighted by Crippen LogP contribution is -2.38. The van der Waals surface area contributed by atoms with E-state index >= 15 is 0 Å². The number of rotatable bonds is 5. The first kappa shape index (κ1) is 22.2. The van der Waals surface area contributed by atoms with E-state index in [0.29, 0.717) is 19.5 Å². The van der Waals surface area contributed by atoms with Gasteiger partial charge in [-0.15, -0.1) is 0 Å². The molecule has 0 aromatic carbocycles. The van der Waals surface area contributed by atoms with Crippen LogP contribution >= 0.6 is 0 Å². The number of carbonyl (C=O) groups excluding carboxylic acids is 1. The van der Waals surface area contributed by atoms with E-state index in [-0.39, 0.29) is 12.5 Å². The minimum Gasteiger partial charge on any atom is -0.483 e. The van der Waals surface area contributed by atoms with Crippen molar-refractivity contribution >= 4 is 18.2 Å². The van der Waals surface area contributed by atoms with Gasteiger partial charge in [0.15, 0.2) is 0 Å². The van der Waals surface area contributed by atoms with Crippen molar-refractivity contribution in [3.63, 3.8) is 0 Å². The number of nitrogens with one attached hydrogen (secondary N) is 1. The van der Waals surface area contributed by atoms with Gasteiger partial charge in [-0.3, -0.25) is 4.79 Å². The molecule has 9 heteroatoms. The first-order valence-corrected chi connectivity index (χ1v) is 10.3. The second-order valence-corrected chi connectivity index (χ2v) is 7.52. The van der Waals surface area contributed by atoms with Crippen molar-refractivity contribution in [2.75, 3.05) is 13.6 Å². The monoisotopic (exact) mass is 424 g/mol. The summed E-state index contributed by atoms with van der Waals surface area (Å²) in [6, 6.07) is 5.79. The molecule has 31 heavy (non-hydrogen) atoms. The van der Waals surface area contributed by atoms with Crippen LogP contribution in [0.4, 0.5) is 4.79 Å². The molecule has 0 bridgehead atoms. The van der Waals surface area contributed by atoms with Crippen LogP contribution in [-0.4, -0.2) is 55.5 Å². The maximum absolute atomic E-state index is 12.5. The summed E-state index contributed by atoms with van der Waals surface area (Å²) in [5.74, 6) is 0.818. The Balaban J connectivity index is 0.000000858. The molecule has 9 nitrogen and oxygen atoms in total. The van der Waals surface area contributed by atoms with Crippen molar-refractivity contribution in [3.05, 3.63) is 58.6 Å². The van der Waals surface area contributed by atoms with Crippen molar-refractivity contribution in [2.45, 2.75) is 46.1 Å². The largest absolute Gasteiger partial charge is 0.483 e. The van der Waals surface area contributed by atoms with Crippen LogP contribution in [0.5, 0.6) is 0 Å². The molecule has 4 rings (SSSR count). The van der Waals surface area contributed by atoms with E-state index < -0.39 is 0 Å². The van der Waals surface area contributed by atoms with E-state index in [9.17, 15) is 4.79 Å². The van der Waals surface area contributed by atoms with Gasteiger partial charge < -0.3 is 19.7 Å². The van der Waals surface area contributed by atoms with Gasteiger partial charge in [0.25, 0.3) is 6.47 Å². The second-order valence-electron chi connectivity index (χ2n) is 7.52. The lowest BCUT2D eigenvalue weighted by atomic mass is 10.2. The molecule has 0 saturated heterocycles. The van der Waals surface area contributed by atoms with E-state index in [1.807, 2.05) is 35.7 Å². The summed E-state index contributed by atoms with van der Waals surface area (Å²) in [7, 11) is 1.80. The number of carboxylic acid groups (broad SMARTS) is 1. The van der Waals surface area contributed by atoms with Gasteiger partial charge in [-0.25, -0.2) is 19.7 Å². The summed E-state index contributed by atoms with van der Waals surface area (Å²) in [6.07, 6.45) is 5.91. The van der Waals surface area contributed by atoms with Crippen LogP contribution in [0.15, 0.2) is 24.4 Å². The Bertz CT molecular complexity index is 1080. The zero-order valence-corrected chi connectivity index (χ0v) is 18.1. The van der Waals surface area contributed by atoms with Gasteiger partial charge in [0.05, 0.1) is 17.9 Å². The van der Waals surface area contributed by atoms with Crippen molar-refractivity contribution in [2.24, 2.45) is 0 Å². The van der Waals surface area contributed by atoms with Crippen molar-refractivity contribution in [1.82, 2.24) is 29.6 Å². The number of urea groups is 1. The Labute approximate surface area is 181 Å². The Kier molecular flexibility index (Phi) is 7.17. The van der Waals surface area contributed by atoms with E-state index in [4.69, 9.17) is 9.90 Å². The zero-order chi connectivity index (χ0) is 22.4. The first-order chi connectivity index (χ1) is 14.9. The summed E-state index contributed by atoms with van der Waals surface area (Å²) in [5, 5.41) is 9.86. The summed E-state index contributed by atoms with van der Waals surface area (Å²) in [5.41, 5.74) is 6.45. The normalized spacial score (nSPS) is 12.1. The van der Waals surface area contributed by atoms with Gasteiger partial charge >= 0.3 is 6.03 Å². The van der Waals surface area contributed by atoms with Crippen molar-refractivity contribution in [3.8, 4) is 0 Å². The van der Waals surface area contributed by atoms with Crippen LogP contribution in [0.25, 0.3) is 5.65 Å². The maximum Gasteiger partial charge on any atom is 0.317 e. The third kappa shape index (κ3) is 5.17. The first-order valence-electron chi connectivity index (χ1n) is 10.3. The van der Waals surface area contributed by atoms with Crippen LogP contribution in [0, 0.1) is 13.8 Å². The third-order valence-electron chi connectivity index (χ3n) is 5.37. The highest BCUT2D eigenvalue weighted by Crippen LogP contribution is 2.22. The molecule has 0 unspecified atom stereocenters. The maximum atomic E-state index is 12.5. The summed E-state index contributed by atoms with van der Waals surface area (Å²) >= 11 is 0. The number of nitrogens with zero attached hydrogens (tertiary/aromatic N) is 5. The van der Waals surface area contributed by atoms with Crippen molar-refractivity contribution < 1.29 is 14.7 Å². The zero-order valence-electron chi connectivity index (χ0n) is 18.1. The Morgan fingerprint density at radius 3 is 2.77 bits per heavy atom. The number of pyridine rings is 1. The van der Waals surface area contributed by atoms with E-state index in [0.717, 1.165) is 41.4 Å². The summed E-state index contributed by atoms with van der Waals surface area (Å²) in [6.45, 7) is 4.80. The van der Waals surface area contributed by atoms with Crippen LogP contribution in [0.1, 0.15) is 40.6 Å². The predicted octanol–water partition coefficient (Wildman–Crippen LogP) is 2.31. The minimum absolute atomic E-state index is 0.108. The standard InChI is InChI=1S/C21H26N6O.CH2O2/c1-14-16-7-6-8-17(16)25-19(23-14)10-11-22-21(28)26(3)13-18-15(2)24-20-9-4-5-12-27(18)20;2-1-3/h4-5,9,12H,6-8,10-11,13H2,1-3H3,(H,22,28);1H,(H,2,3). The molecule has 0 atom stereocenters. The van der Waals surface area contributed by atoms with Gasteiger partial charge in [-0.1, -0.05) is 6.07 Å². The number of hydrogen-bond acceptors (Lipinski definition) is 5. The molecule has 0 fully saturated rings. The van der Waals surface area contributed by atoms with Gasteiger partial charge in [-0.2, -0.15) is 0 Å². The summed E-state index contributed by atoms with van der Waals surface area (Å²) < 4.78 is 2.03. The number of fused-ring (bicyclic) bond motifs is 2. The highest BCUT2D eigenvalue weighted by atomic mass is 16.3. The number of imidazole rings is 1. The third-order valence-corrected chi connectivity index (χ3v) is 5.37. The van der Waals surface area contributed by atoms with E-state index in [2.05, 4.69) is 27.2 Å². The quantitative estimate of drug-likeness (QED) is 0.608. The molecular formula is C22H28N6O3. The number of amides is 2. The van der Waals surface area contributed by atoms with Crippen LogP contribution < -0.4 is 5.32 Å². The molecular weight excluding hydrogens is 396 g/mol. The molecule has 1 aliphatic carbocycles. The molecule has 3 heterocycles. The van der Waals surface area contributed by atoms with E-state index in [1.165, 1.54) is 17.7 Å². The highest BCUT2D eigenvalue weighted by molar-refractivity contribution is 5.73. The topological polar surface area (TPSA) is 113 Å². The Hall–Kier alpha value is -3.49. The lowest BCUT2D eigenvalue weighted by Gasteiger charge is -2.18. The molecule has 0 saturated carbocycles. The second kappa shape index (κ2) is 10.0. The molecule has 2 N–H and O–H groups in total. The van der Waals surface area contributed by atoms with Crippen LogP contribution in [0.2, 0.25) is 0 Å². The van der Waals surface area contributed by atoms with Crippen molar-refractivity contribution in [1.29, 1.82) is 0 Å². The summed E-state index contributed by atoms with van der Waals surface area (Å²) in [4.78, 5) is 36.4. The smallest absolute Gasteiger partial charge is 0.317 e. The molecule has 164 valence electrons. The lowest BCUT2D eigenvalue weighted by molar-refractivity contribution is -0.122. The number of carbonyl (C=O) groups is 2. The SMILES string of the molecule is Cc1nc(CCNC(=O)N(C)Cc2c(C)nc3ccccn23)nc2c1CCC2.O=CO. The molecule has 0 spiro atoms. The van der Waals surface area contributed by atoms with E-state index in [1.54, 1.807) is 11.9 Å². The average molecular weight is 425 g/mol. The Morgan fingerprint density at radius 2 is 2.00 bits per heavy atom. The average Bonchev–Trinajstić information content (AvgIpc) is 3.33. The molecule has 1 aliphatic rings. The fourth-order valence-corrected chi connectivity index (χ4v) is 3.86. The van der Waals surface area contributed by atoms with Gasteiger partial charge in [-0.05, 0) is 50.8 Å². The minimum atomic E-state index is -0.250. The highest BCUT2D eigenvalue weighted by Gasteiger charge is 2.18. The molecule has 3 aromatic heterocycles. The number of hydrogen-bond donors (Lipinski definition) is 2. The number of aryl methyl sites for hydroxylation is 3. The Morgan fingerprint density at radius 1 is 1.23 bits per heavy atom. The van der Waals surface area contributed by atoms with Gasteiger partial charge in [0.2, 0.25) is 0 Å². The fourth-order valence-electron chi connectivity index (χ4n) is 3.86. The fraction of sp³-hybridized carbons (Fsp3) is 0.409.